The van der Waals surface area contributed by atoms with Gasteiger partial charge in [-0.25, -0.2) is 0 Å². The molecule has 0 radical (unpaired) electrons. The number of nitrogens with zero attached hydrogens (tertiary/aromatic N) is 4. The number of benzene rings is 2. The number of carbonyl (C=O) groups is 1. The lowest BCUT2D eigenvalue weighted by molar-refractivity contribution is -0.129. The molecular weight excluding hydrogens is 378 g/mol. The molecule has 0 aliphatic carbocycles. The van der Waals surface area contributed by atoms with Gasteiger partial charge in [-0.2, -0.15) is 4.80 Å². The van der Waals surface area contributed by atoms with E-state index in [-0.39, 0.29) is 18.6 Å². The third-order valence-corrected chi connectivity index (χ3v) is 4.77. The maximum Gasteiger partial charge on any atom is 0.226 e. The van der Waals surface area contributed by atoms with E-state index in [1.165, 1.54) is 0 Å². The Morgan fingerprint density at radius 3 is 2.33 bits per heavy atom. The zero-order valence-electron chi connectivity index (χ0n) is 17.9. The average molecular weight is 408 g/mol. The van der Waals surface area contributed by atoms with Crippen LogP contribution in [0.15, 0.2) is 60.7 Å². The summed E-state index contributed by atoms with van der Waals surface area (Å²) in [5.41, 5.74) is 1.61. The predicted octanol–water partition coefficient (Wildman–Crippen LogP) is 3.70. The van der Waals surface area contributed by atoms with Crippen molar-refractivity contribution in [2.75, 3.05) is 6.61 Å². The molecule has 1 amide bonds. The van der Waals surface area contributed by atoms with Gasteiger partial charge in [0.25, 0.3) is 0 Å². The van der Waals surface area contributed by atoms with Crippen LogP contribution in [0.2, 0.25) is 0 Å². The Balaban J connectivity index is 1.74. The SMILES string of the molecule is CC(c1ccccc1)n1nnc([C@@H](COCc2ccccc2)NC(=O)C(C)(C)C)n1. The first-order chi connectivity index (χ1) is 14.3. The number of carbonyl (C=O) groups excluding carboxylic acids is 1. The zero-order valence-corrected chi connectivity index (χ0v) is 17.9. The number of amides is 1. The molecule has 1 aromatic heterocycles. The van der Waals surface area contributed by atoms with E-state index >= 15 is 0 Å². The summed E-state index contributed by atoms with van der Waals surface area (Å²) in [4.78, 5) is 14.2. The first kappa shape index (κ1) is 21.6. The van der Waals surface area contributed by atoms with Crippen molar-refractivity contribution in [1.82, 2.24) is 25.5 Å². The molecule has 0 aliphatic heterocycles. The van der Waals surface area contributed by atoms with Gasteiger partial charge in [0, 0.05) is 5.41 Å². The molecule has 0 bridgehead atoms. The maximum absolute atomic E-state index is 12.6. The number of rotatable bonds is 8. The average Bonchev–Trinajstić information content (AvgIpc) is 3.23. The van der Waals surface area contributed by atoms with E-state index in [2.05, 4.69) is 20.7 Å². The lowest BCUT2D eigenvalue weighted by Gasteiger charge is -2.22. The highest BCUT2D eigenvalue weighted by Crippen LogP contribution is 2.19. The lowest BCUT2D eigenvalue weighted by atomic mass is 9.95. The van der Waals surface area contributed by atoms with E-state index in [4.69, 9.17) is 4.74 Å². The molecule has 3 rings (SSSR count). The quantitative estimate of drug-likeness (QED) is 0.616. The van der Waals surface area contributed by atoms with Crippen LogP contribution in [-0.2, 0) is 16.1 Å². The Morgan fingerprint density at radius 2 is 1.70 bits per heavy atom. The van der Waals surface area contributed by atoms with Gasteiger partial charge in [0.1, 0.15) is 6.04 Å². The fraction of sp³-hybridized carbons (Fsp3) is 0.391. The Hall–Kier alpha value is -3.06. The molecule has 158 valence electrons. The minimum atomic E-state index is -0.537. The van der Waals surface area contributed by atoms with Gasteiger partial charge in [-0.1, -0.05) is 81.4 Å². The monoisotopic (exact) mass is 407 g/mol. The molecule has 1 N–H and O–H groups in total. The third kappa shape index (κ3) is 5.73. The van der Waals surface area contributed by atoms with E-state index in [0.717, 1.165) is 11.1 Å². The molecule has 7 nitrogen and oxygen atoms in total. The zero-order chi connectivity index (χ0) is 21.6. The van der Waals surface area contributed by atoms with Crippen molar-refractivity contribution < 1.29 is 9.53 Å². The van der Waals surface area contributed by atoms with E-state index in [0.29, 0.717) is 12.4 Å². The molecule has 0 spiro atoms. The summed E-state index contributed by atoms with van der Waals surface area (Å²) in [5, 5.41) is 16.0. The fourth-order valence-corrected chi connectivity index (χ4v) is 2.83. The molecule has 1 unspecified atom stereocenters. The number of hydrogen-bond donors (Lipinski definition) is 1. The van der Waals surface area contributed by atoms with Crippen LogP contribution in [0.1, 0.15) is 56.7 Å². The highest BCUT2D eigenvalue weighted by molar-refractivity contribution is 5.81. The molecule has 0 saturated heterocycles. The molecule has 30 heavy (non-hydrogen) atoms. The first-order valence-corrected chi connectivity index (χ1v) is 10.1. The molecular formula is C23H29N5O2. The summed E-state index contributed by atoms with van der Waals surface area (Å²) in [7, 11) is 0. The standard InChI is InChI=1S/C23H29N5O2/c1-17(19-13-9-6-10-14-19)28-26-21(25-27-28)20(24-22(29)23(2,3)4)16-30-15-18-11-7-5-8-12-18/h5-14,17,20H,15-16H2,1-4H3,(H,24,29)/t17?,20-/m1/s1. The van der Waals surface area contributed by atoms with Crippen LogP contribution < -0.4 is 5.32 Å². The van der Waals surface area contributed by atoms with E-state index < -0.39 is 11.5 Å². The summed E-state index contributed by atoms with van der Waals surface area (Å²) in [6, 6.07) is 19.3. The van der Waals surface area contributed by atoms with Crippen LogP contribution in [0.25, 0.3) is 0 Å². The number of ether oxygens (including phenoxy) is 1. The molecule has 7 heteroatoms. The van der Waals surface area contributed by atoms with Gasteiger partial charge < -0.3 is 10.1 Å². The lowest BCUT2D eigenvalue weighted by Crippen LogP contribution is -2.39. The highest BCUT2D eigenvalue weighted by atomic mass is 16.5. The summed E-state index contributed by atoms with van der Waals surface area (Å²) in [6.07, 6.45) is 0. The normalized spacial score (nSPS) is 13.6. The van der Waals surface area contributed by atoms with Gasteiger partial charge in [0.2, 0.25) is 5.91 Å². The molecule has 1 heterocycles. The molecule has 0 fully saturated rings. The van der Waals surface area contributed by atoms with Gasteiger partial charge in [-0.05, 0) is 23.3 Å². The maximum atomic E-state index is 12.6. The van der Waals surface area contributed by atoms with Crippen molar-refractivity contribution in [1.29, 1.82) is 0 Å². The van der Waals surface area contributed by atoms with Crippen molar-refractivity contribution in [3.8, 4) is 0 Å². The van der Waals surface area contributed by atoms with Crippen LogP contribution in [0.3, 0.4) is 0 Å². The van der Waals surface area contributed by atoms with E-state index in [9.17, 15) is 4.79 Å². The number of nitrogens with one attached hydrogen (secondary N) is 1. The van der Waals surface area contributed by atoms with Crippen molar-refractivity contribution in [2.24, 2.45) is 5.41 Å². The Kier molecular flexibility index (Phi) is 6.95. The van der Waals surface area contributed by atoms with Crippen molar-refractivity contribution >= 4 is 5.91 Å². The van der Waals surface area contributed by atoms with E-state index in [1.54, 1.807) is 4.80 Å². The number of aromatic nitrogens is 4. The molecule has 3 aromatic rings. The number of tetrazole rings is 1. The summed E-state index contributed by atoms with van der Waals surface area (Å²) >= 11 is 0. The second-order valence-electron chi connectivity index (χ2n) is 8.33. The summed E-state index contributed by atoms with van der Waals surface area (Å²) in [5.74, 6) is 0.340. The van der Waals surface area contributed by atoms with Crippen LogP contribution in [0.5, 0.6) is 0 Å². The van der Waals surface area contributed by atoms with Crippen LogP contribution in [0.4, 0.5) is 0 Å². The smallest absolute Gasteiger partial charge is 0.226 e. The van der Waals surface area contributed by atoms with Crippen molar-refractivity contribution in [3.05, 3.63) is 77.6 Å². The Bertz CT molecular complexity index is 935. The predicted molar refractivity (Wildman–Crippen MR) is 115 cm³/mol. The Morgan fingerprint density at radius 1 is 1.07 bits per heavy atom. The Labute approximate surface area is 177 Å². The van der Waals surface area contributed by atoms with Crippen molar-refractivity contribution in [2.45, 2.75) is 46.4 Å². The van der Waals surface area contributed by atoms with Crippen LogP contribution in [-0.4, -0.2) is 32.7 Å². The van der Waals surface area contributed by atoms with Crippen LogP contribution >= 0.6 is 0 Å². The first-order valence-electron chi connectivity index (χ1n) is 10.1. The van der Waals surface area contributed by atoms with Crippen molar-refractivity contribution in [3.63, 3.8) is 0 Å². The summed E-state index contributed by atoms with van der Waals surface area (Å²) < 4.78 is 5.87. The minimum Gasteiger partial charge on any atom is -0.374 e. The largest absolute Gasteiger partial charge is 0.374 e. The van der Waals surface area contributed by atoms with Gasteiger partial charge in [-0.3, -0.25) is 4.79 Å². The van der Waals surface area contributed by atoms with Gasteiger partial charge in [-0.15, -0.1) is 10.2 Å². The van der Waals surface area contributed by atoms with Gasteiger partial charge >= 0.3 is 0 Å². The van der Waals surface area contributed by atoms with Crippen LogP contribution in [0, 0.1) is 5.41 Å². The molecule has 2 aromatic carbocycles. The fourth-order valence-electron chi connectivity index (χ4n) is 2.83. The number of hydrogen-bond acceptors (Lipinski definition) is 5. The molecule has 2 atom stereocenters. The van der Waals surface area contributed by atoms with Gasteiger partial charge in [0.05, 0.1) is 19.3 Å². The minimum absolute atomic E-state index is 0.0725. The summed E-state index contributed by atoms with van der Waals surface area (Å²) in [6.45, 7) is 8.30. The van der Waals surface area contributed by atoms with Gasteiger partial charge in [0.15, 0.2) is 5.82 Å². The third-order valence-electron chi connectivity index (χ3n) is 4.77. The second kappa shape index (κ2) is 9.63. The highest BCUT2D eigenvalue weighted by Gasteiger charge is 2.27. The second-order valence-corrected chi connectivity index (χ2v) is 8.33. The van der Waals surface area contributed by atoms with E-state index in [1.807, 2.05) is 88.4 Å². The molecule has 0 saturated carbocycles. The molecule has 0 aliphatic rings. The topological polar surface area (TPSA) is 81.9 Å².